The van der Waals surface area contributed by atoms with Crippen LogP contribution in [-0.4, -0.2) is 38.7 Å². The van der Waals surface area contributed by atoms with Crippen molar-refractivity contribution in [1.82, 2.24) is 9.88 Å². The van der Waals surface area contributed by atoms with Crippen molar-refractivity contribution >= 4 is 54.7 Å². The molecule has 0 unspecified atom stereocenters. The zero-order valence-corrected chi connectivity index (χ0v) is 13.9. The first-order valence-corrected chi connectivity index (χ1v) is 8.13. The number of pyridine rings is 1. The minimum absolute atomic E-state index is 0.0873. The molecule has 106 valence electrons. The van der Waals surface area contributed by atoms with Gasteiger partial charge in [0, 0.05) is 35.5 Å². The van der Waals surface area contributed by atoms with Crippen molar-refractivity contribution in [3.05, 3.63) is 34.0 Å². The molecule has 0 aliphatic carbocycles. The van der Waals surface area contributed by atoms with Gasteiger partial charge in [0.15, 0.2) is 0 Å². The van der Waals surface area contributed by atoms with Crippen LogP contribution in [0.2, 0.25) is 5.15 Å². The van der Waals surface area contributed by atoms with Crippen molar-refractivity contribution in [2.45, 2.75) is 4.90 Å². The van der Waals surface area contributed by atoms with Crippen LogP contribution >= 0.6 is 27.5 Å². The molecule has 1 aromatic heterocycles. The number of halogens is 2. The number of hydrogen-bond acceptors (Lipinski definition) is 3. The maximum Gasteiger partial charge on any atom is 0.284 e. The summed E-state index contributed by atoms with van der Waals surface area (Å²) in [5.41, 5.74) is 0. The van der Waals surface area contributed by atoms with Gasteiger partial charge in [0.25, 0.3) is 10.0 Å². The maximum atomic E-state index is 12.3. The van der Waals surface area contributed by atoms with Crippen LogP contribution in [0, 0.1) is 0 Å². The third-order valence-electron chi connectivity index (χ3n) is 2.45. The van der Waals surface area contributed by atoms with E-state index in [1.165, 1.54) is 18.6 Å². The smallest absolute Gasteiger partial charge is 0.284 e. The van der Waals surface area contributed by atoms with Gasteiger partial charge in [-0.3, -0.25) is 0 Å². The Morgan fingerprint density at radius 1 is 1.35 bits per heavy atom. The van der Waals surface area contributed by atoms with Crippen molar-refractivity contribution in [3.8, 4) is 0 Å². The van der Waals surface area contributed by atoms with Crippen molar-refractivity contribution in [1.29, 1.82) is 0 Å². The fraction of sp³-hybridized carbons (Fsp3) is 0.167. The molecule has 0 spiro atoms. The average molecular weight is 377 g/mol. The largest absolute Gasteiger partial charge is 0.368 e. The van der Waals surface area contributed by atoms with Crippen LogP contribution < -0.4 is 0 Å². The van der Waals surface area contributed by atoms with Crippen molar-refractivity contribution in [2.24, 2.45) is 4.40 Å². The Hall–Kier alpha value is -1.18. The number of fused-ring (bicyclic) bond motifs is 1. The quantitative estimate of drug-likeness (QED) is 0.469. The van der Waals surface area contributed by atoms with Crippen LogP contribution in [0.3, 0.4) is 0 Å². The molecule has 2 rings (SSSR count). The van der Waals surface area contributed by atoms with Crippen LogP contribution in [0.15, 0.2) is 38.2 Å². The van der Waals surface area contributed by atoms with Gasteiger partial charge < -0.3 is 4.90 Å². The van der Waals surface area contributed by atoms with E-state index in [-0.39, 0.29) is 10.0 Å². The predicted octanol–water partition coefficient (Wildman–Crippen LogP) is 2.93. The van der Waals surface area contributed by atoms with Crippen molar-refractivity contribution in [3.63, 3.8) is 0 Å². The normalized spacial score (nSPS) is 12.2. The van der Waals surface area contributed by atoms with Crippen LogP contribution in [0.25, 0.3) is 10.8 Å². The maximum absolute atomic E-state index is 12.3. The third kappa shape index (κ3) is 3.11. The number of aromatic nitrogens is 1. The van der Waals surface area contributed by atoms with Crippen LogP contribution in [-0.2, 0) is 10.0 Å². The summed E-state index contributed by atoms with van der Waals surface area (Å²) in [6.45, 7) is 0. The predicted molar refractivity (Wildman–Crippen MR) is 83.8 cm³/mol. The average Bonchev–Trinajstić information content (AvgIpc) is 2.37. The summed E-state index contributed by atoms with van der Waals surface area (Å²) in [5, 5.41) is 1.29. The topological polar surface area (TPSA) is 62.6 Å². The molecule has 20 heavy (non-hydrogen) atoms. The summed E-state index contributed by atoms with van der Waals surface area (Å²) >= 11 is 9.28. The molecule has 0 atom stereocenters. The molecule has 0 amide bonds. The highest BCUT2D eigenvalue weighted by Crippen LogP contribution is 2.31. The standard InChI is InChI=1S/C12H11BrClN3O2S/c1-17(2)7-16-20(18,19)11-6-8(13)5-10-9(11)3-4-15-12(10)14/h3-7H,1-2H3/b16-7+. The zero-order valence-electron chi connectivity index (χ0n) is 10.7. The van der Waals surface area contributed by atoms with E-state index in [1.54, 1.807) is 31.1 Å². The molecule has 0 N–H and O–H groups in total. The molecule has 0 fully saturated rings. The van der Waals surface area contributed by atoms with E-state index in [1.807, 2.05) is 0 Å². The molecule has 0 saturated heterocycles. The molecule has 0 bridgehead atoms. The molecular weight excluding hydrogens is 366 g/mol. The highest BCUT2D eigenvalue weighted by atomic mass is 79.9. The number of rotatable bonds is 3. The van der Waals surface area contributed by atoms with Crippen LogP contribution in [0.1, 0.15) is 0 Å². The van der Waals surface area contributed by atoms with Gasteiger partial charge >= 0.3 is 0 Å². The Labute approximate surface area is 130 Å². The van der Waals surface area contributed by atoms with E-state index >= 15 is 0 Å². The Morgan fingerprint density at radius 3 is 2.70 bits per heavy atom. The van der Waals surface area contributed by atoms with E-state index in [9.17, 15) is 8.42 Å². The zero-order chi connectivity index (χ0) is 14.9. The fourth-order valence-electron chi connectivity index (χ4n) is 1.61. The first-order valence-electron chi connectivity index (χ1n) is 5.52. The molecule has 2 aromatic rings. The molecule has 0 aliphatic heterocycles. The lowest BCUT2D eigenvalue weighted by atomic mass is 10.2. The molecule has 8 heteroatoms. The molecular formula is C12H11BrClN3O2S. The first-order chi connectivity index (χ1) is 9.31. The monoisotopic (exact) mass is 375 g/mol. The molecule has 0 aliphatic rings. The summed E-state index contributed by atoms with van der Waals surface area (Å²) < 4.78 is 28.8. The fourth-order valence-corrected chi connectivity index (χ4v) is 3.59. The highest BCUT2D eigenvalue weighted by molar-refractivity contribution is 9.10. The van der Waals surface area contributed by atoms with Gasteiger partial charge in [-0.15, -0.1) is 4.40 Å². The second-order valence-electron chi connectivity index (χ2n) is 4.26. The minimum Gasteiger partial charge on any atom is -0.368 e. The number of hydrogen-bond donors (Lipinski definition) is 0. The second-order valence-corrected chi connectivity index (χ2v) is 7.13. The summed E-state index contributed by atoms with van der Waals surface area (Å²) in [6, 6.07) is 4.83. The molecule has 1 aromatic carbocycles. The lowest BCUT2D eigenvalue weighted by molar-refractivity contribution is 0.595. The van der Waals surface area contributed by atoms with Gasteiger partial charge in [0.05, 0.1) is 4.90 Å². The summed E-state index contributed by atoms with van der Waals surface area (Å²) in [7, 11) is -0.423. The second kappa shape index (κ2) is 5.67. The first kappa shape index (κ1) is 15.2. The lowest BCUT2D eigenvalue weighted by Crippen LogP contribution is -2.10. The number of sulfonamides is 1. The van der Waals surface area contributed by atoms with Gasteiger partial charge in [-0.25, -0.2) is 4.98 Å². The SMILES string of the molecule is CN(C)/C=N/S(=O)(=O)c1cc(Br)cc2c(Cl)nccc12. The van der Waals surface area contributed by atoms with Gasteiger partial charge in [0.1, 0.15) is 11.5 Å². The van der Waals surface area contributed by atoms with Gasteiger partial charge in [-0.2, -0.15) is 8.42 Å². The van der Waals surface area contributed by atoms with E-state index < -0.39 is 10.0 Å². The highest BCUT2D eigenvalue weighted by Gasteiger charge is 2.18. The van der Waals surface area contributed by atoms with Crippen molar-refractivity contribution in [2.75, 3.05) is 14.1 Å². The van der Waals surface area contributed by atoms with Gasteiger partial charge in [-0.05, 0) is 18.2 Å². The van der Waals surface area contributed by atoms with Crippen LogP contribution in [0.5, 0.6) is 0 Å². The number of nitrogens with zero attached hydrogens (tertiary/aromatic N) is 3. The molecule has 5 nitrogen and oxygen atoms in total. The van der Waals surface area contributed by atoms with E-state index in [0.29, 0.717) is 15.2 Å². The Bertz CT molecular complexity index is 791. The Morgan fingerprint density at radius 2 is 2.05 bits per heavy atom. The molecule has 0 saturated carbocycles. The van der Waals surface area contributed by atoms with Gasteiger partial charge in [0.2, 0.25) is 0 Å². The summed E-state index contributed by atoms with van der Waals surface area (Å²) in [6.07, 6.45) is 2.71. The lowest BCUT2D eigenvalue weighted by Gasteiger charge is -2.08. The summed E-state index contributed by atoms with van der Waals surface area (Å²) in [4.78, 5) is 5.58. The van der Waals surface area contributed by atoms with E-state index in [2.05, 4.69) is 25.3 Å². The van der Waals surface area contributed by atoms with E-state index in [4.69, 9.17) is 11.6 Å². The summed E-state index contributed by atoms with van der Waals surface area (Å²) in [5.74, 6) is 0. The van der Waals surface area contributed by atoms with Crippen molar-refractivity contribution < 1.29 is 8.42 Å². The minimum atomic E-state index is -3.81. The third-order valence-corrected chi connectivity index (χ3v) is 4.48. The molecule has 1 heterocycles. The Balaban J connectivity index is 2.75. The van der Waals surface area contributed by atoms with E-state index in [0.717, 1.165) is 0 Å². The van der Waals surface area contributed by atoms with Gasteiger partial charge in [-0.1, -0.05) is 27.5 Å². The number of benzene rings is 1. The molecule has 0 radical (unpaired) electrons. The van der Waals surface area contributed by atoms with Crippen LogP contribution in [0.4, 0.5) is 0 Å². The Kier molecular flexibility index (Phi) is 4.31.